The zero-order valence-electron chi connectivity index (χ0n) is 18.3. The summed E-state index contributed by atoms with van der Waals surface area (Å²) in [5.74, 6) is 1.56. The van der Waals surface area contributed by atoms with E-state index in [9.17, 15) is 13.5 Å². The lowest BCUT2D eigenvalue weighted by Gasteiger charge is -2.15. The molecule has 2 atom stereocenters. The first-order chi connectivity index (χ1) is 15.7. The summed E-state index contributed by atoms with van der Waals surface area (Å²) in [6, 6.07) is 9.01. The number of aliphatic hydroxyl groups is 1. The van der Waals surface area contributed by atoms with Gasteiger partial charge >= 0.3 is 0 Å². The fraction of sp³-hybridized carbons (Fsp3) is 0.318. The molecule has 1 aromatic carbocycles. The second-order valence-corrected chi connectivity index (χ2v) is 9.69. The average molecular weight is 473 g/mol. The lowest BCUT2D eigenvalue weighted by atomic mass is 10.1. The van der Waals surface area contributed by atoms with Crippen LogP contribution < -0.4 is 9.47 Å². The molecule has 2 N–H and O–H groups in total. The molecular formula is C22H24N4O6S. The SMILES string of the molecule is C[C@H]1CN=C(c2ccc(-c3cc(Oc4cnc(S(C)(=O)=O)cn4)cc(O[C@@H](C)CO)c3)[nH]2)O1. The normalized spacial score (nSPS) is 16.7. The van der Waals surface area contributed by atoms with E-state index in [4.69, 9.17) is 14.2 Å². The van der Waals surface area contributed by atoms with Crippen molar-refractivity contribution in [3.63, 3.8) is 0 Å². The number of nitrogens with zero attached hydrogens (tertiary/aromatic N) is 3. The van der Waals surface area contributed by atoms with Crippen LogP contribution in [0.4, 0.5) is 0 Å². The summed E-state index contributed by atoms with van der Waals surface area (Å²) < 4.78 is 40.5. The van der Waals surface area contributed by atoms with Gasteiger partial charge in [0.2, 0.25) is 11.8 Å². The first-order valence-corrected chi connectivity index (χ1v) is 12.1. The molecule has 10 nitrogen and oxygen atoms in total. The fourth-order valence-electron chi connectivity index (χ4n) is 3.11. The Morgan fingerprint density at radius 2 is 1.94 bits per heavy atom. The standard InChI is InChI=1S/C22H24N4O6S/c1-13-9-25-22(31-13)19-5-4-18(26-19)15-6-16(30-14(2)12-27)8-17(7-15)32-20-10-24-21(11-23-20)33(3,28)29/h4-8,10-11,13-14,26-27H,9,12H2,1-3H3/t13-,14-/m0/s1. The first-order valence-electron chi connectivity index (χ1n) is 10.2. The van der Waals surface area contributed by atoms with Gasteiger partial charge in [-0.15, -0.1) is 0 Å². The van der Waals surface area contributed by atoms with Gasteiger partial charge in [-0.3, -0.25) is 0 Å². The molecule has 33 heavy (non-hydrogen) atoms. The molecule has 0 amide bonds. The van der Waals surface area contributed by atoms with Crippen molar-refractivity contribution in [3.05, 3.63) is 48.4 Å². The second kappa shape index (κ2) is 9.20. The number of rotatable bonds is 8. The van der Waals surface area contributed by atoms with Crippen LogP contribution in [0, 0.1) is 0 Å². The average Bonchev–Trinajstić information content (AvgIpc) is 3.42. The van der Waals surface area contributed by atoms with Crippen molar-refractivity contribution in [3.8, 4) is 28.6 Å². The van der Waals surface area contributed by atoms with Crippen LogP contribution in [0.25, 0.3) is 11.3 Å². The third-order valence-electron chi connectivity index (χ3n) is 4.71. The Hall–Kier alpha value is -3.44. The van der Waals surface area contributed by atoms with Crippen LogP contribution in [-0.4, -0.2) is 66.0 Å². The number of ether oxygens (including phenoxy) is 3. The second-order valence-electron chi connectivity index (χ2n) is 7.73. The van der Waals surface area contributed by atoms with Gasteiger partial charge in [0.25, 0.3) is 0 Å². The Morgan fingerprint density at radius 1 is 1.18 bits per heavy atom. The highest BCUT2D eigenvalue weighted by molar-refractivity contribution is 7.90. The van der Waals surface area contributed by atoms with E-state index in [0.717, 1.165) is 29.4 Å². The number of sulfone groups is 1. The topological polar surface area (TPSA) is 136 Å². The summed E-state index contributed by atoms with van der Waals surface area (Å²) in [6.07, 6.45) is 3.05. The van der Waals surface area contributed by atoms with Gasteiger partial charge in [0.1, 0.15) is 29.4 Å². The molecule has 0 aliphatic carbocycles. The third-order valence-corrected chi connectivity index (χ3v) is 5.68. The Labute approximate surface area is 191 Å². The zero-order valence-corrected chi connectivity index (χ0v) is 19.2. The van der Waals surface area contributed by atoms with Crippen LogP contribution in [0.3, 0.4) is 0 Å². The highest BCUT2D eigenvalue weighted by Gasteiger charge is 2.19. The quantitative estimate of drug-likeness (QED) is 0.511. The molecule has 0 spiro atoms. The Bertz CT molecular complexity index is 1270. The van der Waals surface area contributed by atoms with Gasteiger partial charge in [-0.25, -0.2) is 23.4 Å². The highest BCUT2D eigenvalue weighted by atomic mass is 32.2. The minimum Gasteiger partial charge on any atom is -0.488 e. The van der Waals surface area contributed by atoms with Gasteiger partial charge in [0.15, 0.2) is 14.9 Å². The summed E-state index contributed by atoms with van der Waals surface area (Å²) in [5.41, 5.74) is 2.29. The minimum atomic E-state index is -3.46. The number of benzene rings is 1. The molecule has 0 bridgehead atoms. The summed E-state index contributed by atoms with van der Waals surface area (Å²) in [4.78, 5) is 15.6. The molecule has 0 fully saturated rings. The molecule has 0 saturated heterocycles. The number of hydrogen-bond acceptors (Lipinski definition) is 9. The molecule has 1 aliphatic rings. The molecule has 4 rings (SSSR count). The number of aliphatic hydroxyl groups excluding tert-OH is 1. The van der Waals surface area contributed by atoms with Gasteiger partial charge in [-0.1, -0.05) is 0 Å². The molecule has 2 aromatic heterocycles. The molecule has 0 saturated carbocycles. The maximum Gasteiger partial charge on any atom is 0.237 e. The van der Waals surface area contributed by atoms with E-state index in [2.05, 4.69) is 19.9 Å². The van der Waals surface area contributed by atoms with E-state index in [-0.39, 0.29) is 23.6 Å². The number of hydrogen-bond donors (Lipinski definition) is 2. The maximum atomic E-state index is 11.6. The van der Waals surface area contributed by atoms with Crippen LogP contribution in [0.5, 0.6) is 17.4 Å². The van der Waals surface area contributed by atoms with Crippen molar-refractivity contribution in [2.45, 2.75) is 31.1 Å². The molecular weight excluding hydrogens is 448 g/mol. The molecule has 1 aliphatic heterocycles. The number of H-pyrrole nitrogens is 1. The van der Waals surface area contributed by atoms with Gasteiger partial charge in [0.05, 0.1) is 25.5 Å². The van der Waals surface area contributed by atoms with E-state index >= 15 is 0 Å². The van der Waals surface area contributed by atoms with E-state index in [1.165, 1.54) is 6.20 Å². The van der Waals surface area contributed by atoms with Gasteiger partial charge < -0.3 is 24.3 Å². The molecule has 0 radical (unpaired) electrons. The predicted octanol–water partition coefficient (Wildman–Crippen LogP) is 2.59. The summed E-state index contributed by atoms with van der Waals surface area (Å²) in [6.45, 7) is 4.16. The van der Waals surface area contributed by atoms with Crippen LogP contribution in [-0.2, 0) is 14.6 Å². The number of aromatic amines is 1. The first kappa shape index (κ1) is 22.7. The smallest absolute Gasteiger partial charge is 0.237 e. The lowest BCUT2D eigenvalue weighted by molar-refractivity contribution is 0.129. The van der Waals surface area contributed by atoms with Gasteiger partial charge in [0, 0.05) is 23.6 Å². The number of aromatic nitrogens is 3. The monoisotopic (exact) mass is 472 g/mol. The predicted molar refractivity (Wildman–Crippen MR) is 121 cm³/mol. The molecule has 3 heterocycles. The van der Waals surface area contributed by atoms with Crippen LogP contribution in [0.2, 0.25) is 0 Å². The van der Waals surface area contributed by atoms with Crippen molar-refractivity contribution in [1.29, 1.82) is 0 Å². The molecule has 174 valence electrons. The van der Waals surface area contributed by atoms with Gasteiger partial charge in [-0.05, 0) is 38.1 Å². The van der Waals surface area contributed by atoms with Crippen molar-refractivity contribution < 1.29 is 27.7 Å². The number of aliphatic imine (C=N–C) groups is 1. The van der Waals surface area contributed by atoms with Crippen LogP contribution >= 0.6 is 0 Å². The minimum absolute atomic E-state index is 0.0404. The van der Waals surface area contributed by atoms with E-state index in [1.54, 1.807) is 19.1 Å². The fourth-order valence-corrected chi connectivity index (χ4v) is 3.59. The van der Waals surface area contributed by atoms with Crippen molar-refractivity contribution in [2.24, 2.45) is 4.99 Å². The number of nitrogens with one attached hydrogen (secondary N) is 1. The Kier molecular flexibility index (Phi) is 6.34. The van der Waals surface area contributed by atoms with Crippen molar-refractivity contribution >= 4 is 15.7 Å². The van der Waals surface area contributed by atoms with Crippen LogP contribution in [0.1, 0.15) is 19.5 Å². The molecule has 0 unspecified atom stereocenters. The zero-order chi connectivity index (χ0) is 23.6. The third kappa shape index (κ3) is 5.49. The van der Waals surface area contributed by atoms with E-state index in [0.29, 0.717) is 23.9 Å². The summed E-state index contributed by atoms with van der Waals surface area (Å²) in [5, 5.41) is 9.22. The Balaban J connectivity index is 1.64. The van der Waals surface area contributed by atoms with Gasteiger partial charge in [-0.2, -0.15) is 0 Å². The maximum absolute atomic E-state index is 11.6. The van der Waals surface area contributed by atoms with Crippen molar-refractivity contribution in [1.82, 2.24) is 15.0 Å². The van der Waals surface area contributed by atoms with Crippen LogP contribution in [0.15, 0.2) is 52.7 Å². The largest absolute Gasteiger partial charge is 0.488 e. The van der Waals surface area contributed by atoms with Crippen molar-refractivity contribution in [2.75, 3.05) is 19.4 Å². The lowest BCUT2D eigenvalue weighted by Crippen LogP contribution is -2.16. The summed E-state index contributed by atoms with van der Waals surface area (Å²) in [7, 11) is -3.46. The highest BCUT2D eigenvalue weighted by Crippen LogP contribution is 2.32. The Morgan fingerprint density at radius 3 is 2.58 bits per heavy atom. The van der Waals surface area contributed by atoms with E-state index in [1.807, 2.05) is 25.1 Å². The molecule has 11 heteroatoms. The summed E-state index contributed by atoms with van der Waals surface area (Å²) >= 11 is 0. The molecule has 3 aromatic rings. The van der Waals surface area contributed by atoms with E-state index < -0.39 is 15.9 Å².